The van der Waals surface area contributed by atoms with E-state index in [4.69, 9.17) is 0 Å². The highest BCUT2D eigenvalue weighted by Crippen LogP contribution is 2.19. The SMILES string of the molecule is CCC1NC(=O)C(C(C)C)N(CCCSC)C1=O. The summed E-state index contributed by atoms with van der Waals surface area (Å²) >= 11 is 1.77. The van der Waals surface area contributed by atoms with Crippen molar-refractivity contribution in [2.75, 3.05) is 18.6 Å². The normalized spacial score (nSPS) is 24.6. The molecule has 0 saturated carbocycles. The number of thioether (sulfide) groups is 1. The van der Waals surface area contributed by atoms with Crippen LogP contribution < -0.4 is 5.32 Å². The second-order valence-corrected chi connectivity index (χ2v) is 6.02. The Balaban J connectivity index is 2.80. The molecule has 1 rings (SSSR count). The minimum Gasteiger partial charge on any atom is -0.343 e. The first kappa shape index (κ1) is 15.3. The van der Waals surface area contributed by atoms with E-state index in [0.29, 0.717) is 13.0 Å². The first-order valence-electron chi connectivity index (χ1n) is 6.62. The molecule has 5 heteroatoms. The smallest absolute Gasteiger partial charge is 0.245 e. The lowest BCUT2D eigenvalue weighted by molar-refractivity contribution is -0.151. The van der Waals surface area contributed by atoms with Gasteiger partial charge in [-0.25, -0.2) is 0 Å². The fourth-order valence-corrected chi connectivity index (χ4v) is 2.78. The van der Waals surface area contributed by atoms with Crippen LogP contribution in [0.15, 0.2) is 0 Å². The van der Waals surface area contributed by atoms with E-state index in [1.807, 2.05) is 20.8 Å². The third kappa shape index (κ3) is 3.40. The third-order valence-electron chi connectivity index (χ3n) is 3.29. The van der Waals surface area contributed by atoms with E-state index in [9.17, 15) is 9.59 Å². The van der Waals surface area contributed by atoms with Crippen molar-refractivity contribution in [3.63, 3.8) is 0 Å². The van der Waals surface area contributed by atoms with Gasteiger partial charge in [-0.15, -0.1) is 0 Å². The number of nitrogens with zero attached hydrogens (tertiary/aromatic N) is 1. The standard InChI is InChI=1S/C13H24N2O2S/c1-5-10-13(17)15(7-6-8-18-4)11(9(2)3)12(16)14-10/h9-11H,5-8H2,1-4H3,(H,14,16). The van der Waals surface area contributed by atoms with Crippen molar-refractivity contribution in [3.05, 3.63) is 0 Å². The van der Waals surface area contributed by atoms with Gasteiger partial charge in [0.25, 0.3) is 0 Å². The fourth-order valence-electron chi connectivity index (χ4n) is 2.37. The Bertz CT molecular complexity index is 307. The van der Waals surface area contributed by atoms with Gasteiger partial charge in [0.1, 0.15) is 12.1 Å². The van der Waals surface area contributed by atoms with Crippen LogP contribution in [0.5, 0.6) is 0 Å². The van der Waals surface area contributed by atoms with Gasteiger partial charge in [0.15, 0.2) is 0 Å². The van der Waals surface area contributed by atoms with E-state index in [-0.39, 0.29) is 29.8 Å². The van der Waals surface area contributed by atoms with E-state index in [0.717, 1.165) is 12.2 Å². The molecular weight excluding hydrogens is 248 g/mol. The van der Waals surface area contributed by atoms with Gasteiger partial charge in [0, 0.05) is 6.54 Å². The molecule has 1 aliphatic rings. The Morgan fingerprint density at radius 3 is 2.56 bits per heavy atom. The quantitative estimate of drug-likeness (QED) is 0.746. The lowest BCUT2D eigenvalue weighted by Crippen LogP contribution is -2.64. The largest absolute Gasteiger partial charge is 0.343 e. The topological polar surface area (TPSA) is 49.4 Å². The summed E-state index contributed by atoms with van der Waals surface area (Å²) in [5, 5.41) is 2.83. The van der Waals surface area contributed by atoms with Gasteiger partial charge >= 0.3 is 0 Å². The predicted octanol–water partition coefficient (Wildman–Crippen LogP) is 1.50. The number of rotatable bonds is 6. The summed E-state index contributed by atoms with van der Waals surface area (Å²) in [5.74, 6) is 1.26. The average molecular weight is 272 g/mol. The zero-order chi connectivity index (χ0) is 13.7. The van der Waals surface area contributed by atoms with E-state index in [2.05, 4.69) is 11.6 Å². The summed E-state index contributed by atoms with van der Waals surface area (Å²) < 4.78 is 0. The van der Waals surface area contributed by atoms with Gasteiger partial charge in [-0.05, 0) is 30.8 Å². The van der Waals surface area contributed by atoms with Crippen molar-refractivity contribution >= 4 is 23.6 Å². The van der Waals surface area contributed by atoms with Crippen molar-refractivity contribution in [3.8, 4) is 0 Å². The highest BCUT2D eigenvalue weighted by atomic mass is 32.2. The molecule has 1 saturated heterocycles. The number of hydrogen-bond acceptors (Lipinski definition) is 3. The second-order valence-electron chi connectivity index (χ2n) is 5.04. The molecular formula is C13H24N2O2S. The lowest BCUT2D eigenvalue weighted by atomic mass is 9.96. The summed E-state index contributed by atoms with van der Waals surface area (Å²) in [5.41, 5.74) is 0. The van der Waals surface area contributed by atoms with Crippen molar-refractivity contribution in [1.82, 2.24) is 10.2 Å². The minimum absolute atomic E-state index is 0.000557. The molecule has 104 valence electrons. The van der Waals surface area contributed by atoms with Crippen molar-refractivity contribution in [2.24, 2.45) is 5.92 Å². The Labute approximate surface area is 114 Å². The molecule has 1 aliphatic heterocycles. The maximum atomic E-state index is 12.3. The van der Waals surface area contributed by atoms with Crippen LogP contribution in [0.1, 0.15) is 33.6 Å². The third-order valence-corrected chi connectivity index (χ3v) is 3.99. The number of nitrogens with one attached hydrogen (secondary N) is 1. The molecule has 1 N–H and O–H groups in total. The van der Waals surface area contributed by atoms with E-state index in [1.54, 1.807) is 16.7 Å². The molecule has 0 aromatic heterocycles. The molecule has 1 heterocycles. The molecule has 18 heavy (non-hydrogen) atoms. The highest BCUT2D eigenvalue weighted by Gasteiger charge is 2.40. The molecule has 4 nitrogen and oxygen atoms in total. The molecule has 2 atom stereocenters. The van der Waals surface area contributed by atoms with Gasteiger partial charge in [-0.3, -0.25) is 9.59 Å². The molecule has 1 fully saturated rings. The first-order valence-corrected chi connectivity index (χ1v) is 8.02. The van der Waals surface area contributed by atoms with Crippen LogP contribution >= 0.6 is 11.8 Å². The van der Waals surface area contributed by atoms with Crippen LogP contribution in [-0.4, -0.2) is 47.4 Å². The predicted molar refractivity (Wildman–Crippen MR) is 75.6 cm³/mol. The molecule has 0 aromatic rings. The summed E-state index contributed by atoms with van der Waals surface area (Å²) in [6, 6.07) is -0.635. The fraction of sp³-hybridized carbons (Fsp3) is 0.846. The van der Waals surface area contributed by atoms with Gasteiger partial charge < -0.3 is 10.2 Å². The number of piperazine rings is 1. The maximum Gasteiger partial charge on any atom is 0.245 e. The summed E-state index contributed by atoms with van der Waals surface area (Å²) in [6.45, 7) is 6.60. The number of carbonyl (C=O) groups is 2. The second kappa shape index (κ2) is 7.02. The van der Waals surface area contributed by atoms with Gasteiger partial charge in [-0.1, -0.05) is 20.8 Å². The van der Waals surface area contributed by atoms with Crippen molar-refractivity contribution in [2.45, 2.75) is 45.7 Å². The molecule has 0 aliphatic carbocycles. The number of amides is 2. The highest BCUT2D eigenvalue weighted by molar-refractivity contribution is 7.98. The number of hydrogen-bond donors (Lipinski definition) is 1. The van der Waals surface area contributed by atoms with Gasteiger partial charge in [0.05, 0.1) is 0 Å². The maximum absolute atomic E-state index is 12.3. The summed E-state index contributed by atoms with van der Waals surface area (Å²) in [7, 11) is 0. The zero-order valence-corrected chi connectivity index (χ0v) is 12.5. The van der Waals surface area contributed by atoms with Crippen LogP contribution in [-0.2, 0) is 9.59 Å². The van der Waals surface area contributed by atoms with Crippen molar-refractivity contribution in [1.29, 1.82) is 0 Å². The Morgan fingerprint density at radius 1 is 1.39 bits per heavy atom. The Kier molecular flexibility index (Phi) is 5.99. The number of carbonyl (C=O) groups excluding carboxylic acids is 2. The minimum atomic E-state index is -0.332. The average Bonchev–Trinajstić information content (AvgIpc) is 2.32. The van der Waals surface area contributed by atoms with Crippen molar-refractivity contribution < 1.29 is 9.59 Å². The first-order chi connectivity index (χ1) is 8.52. The molecule has 0 aromatic carbocycles. The van der Waals surface area contributed by atoms with Crippen LogP contribution in [0, 0.1) is 5.92 Å². The molecule has 0 radical (unpaired) electrons. The molecule has 0 bridgehead atoms. The molecule has 2 amide bonds. The Morgan fingerprint density at radius 2 is 2.06 bits per heavy atom. The zero-order valence-electron chi connectivity index (χ0n) is 11.7. The molecule has 2 unspecified atom stereocenters. The van der Waals surface area contributed by atoms with Gasteiger partial charge in [0.2, 0.25) is 11.8 Å². The monoisotopic (exact) mass is 272 g/mol. The summed E-state index contributed by atoms with van der Waals surface area (Å²) in [4.78, 5) is 26.2. The van der Waals surface area contributed by atoms with E-state index in [1.165, 1.54) is 0 Å². The lowest BCUT2D eigenvalue weighted by Gasteiger charge is -2.40. The summed E-state index contributed by atoms with van der Waals surface area (Å²) in [6.07, 6.45) is 3.66. The van der Waals surface area contributed by atoms with Crippen LogP contribution in [0.25, 0.3) is 0 Å². The van der Waals surface area contributed by atoms with Crippen LogP contribution in [0.3, 0.4) is 0 Å². The Hall–Kier alpha value is -0.710. The van der Waals surface area contributed by atoms with Crippen LogP contribution in [0.2, 0.25) is 0 Å². The van der Waals surface area contributed by atoms with E-state index >= 15 is 0 Å². The van der Waals surface area contributed by atoms with Gasteiger partial charge in [-0.2, -0.15) is 11.8 Å². The van der Waals surface area contributed by atoms with E-state index < -0.39 is 0 Å². The molecule has 0 spiro atoms. The van der Waals surface area contributed by atoms with Crippen LogP contribution in [0.4, 0.5) is 0 Å².